The van der Waals surface area contributed by atoms with Crippen molar-refractivity contribution in [2.45, 2.75) is 19.4 Å². The lowest BCUT2D eigenvalue weighted by molar-refractivity contribution is -0.122. The number of piperidine rings is 1. The minimum atomic E-state index is -0.693. The standard InChI is InChI=1S/C23H27F2N3O2/c1-27(2)19-6-3-16(4-7-19)14-26-22(29)15-28-11-9-17(10-12-28)23(30)20-13-18(24)5-8-21(20)25/h3-8,13,17H,9-12,14-15H2,1-2H3,(H,26,29). The van der Waals surface area contributed by atoms with Crippen LogP contribution in [0.4, 0.5) is 14.5 Å². The molecule has 3 rings (SSSR count). The molecule has 1 aliphatic rings. The van der Waals surface area contributed by atoms with Gasteiger partial charge in [-0.05, 0) is 61.8 Å². The molecule has 2 aromatic rings. The van der Waals surface area contributed by atoms with Crippen LogP contribution in [-0.4, -0.2) is 50.3 Å². The van der Waals surface area contributed by atoms with Crippen molar-refractivity contribution in [3.05, 3.63) is 65.2 Å². The molecule has 5 nitrogen and oxygen atoms in total. The number of Topliss-reactive ketones (excluding diaryl/α,β-unsaturated/α-hetero) is 1. The maximum absolute atomic E-state index is 13.9. The molecule has 0 saturated carbocycles. The van der Waals surface area contributed by atoms with Crippen LogP contribution in [0.5, 0.6) is 0 Å². The molecule has 160 valence electrons. The highest BCUT2D eigenvalue weighted by Crippen LogP contribution is 2.23. The van der Waals surface area contributed by atoms with Crippen molar-refractivity contribution < 1.29 is 18.4 Å². The molecule has 1 saturated heterocycles. The van der Waals surface area contributed by atoms with Gasteiger partial charge in [0.15, 0.2) is 5.78 Å². The summed E-state index contributed by atoms with van der Waals surface area (Å²) in [4.78, 5) is 28.8. The molecule has 0 bridgehead atoms. The molecule has 0 radical (unpaired) electrons. The highest BCUT2D eigenvalue weighted by molar-refractivity contribution is 5.98. The molecule has 0 spiro atoms. The number of nitrogens with one attached hydrogen (secondary N) is 1. The Labute approximate surface area is 175 Å². The first kappa shape index (κ1) is 21.9. The van der Waals surface area contributed by atoms with Crippen molar-refractivity contribution in [3.63, 3.8) is 0 Å². The van der Waals surface area contributed by atoms with Gasteiger partial charge in [0, 0.05) is 32.2 Å². The summed E-state index contributed by atoms with van der Waals surface area (Å²) in [7, 11) is 3.95. The van der Waals surface area contributed by atoms with Crippen LogP contribution in [0.1, 0.15) is 28.8 Å². The number of nitrogens with zero attached hydrogens (tertiary/aromatic N) is 2. The summed E-state index contributed by atoms with van der Waals surface area (Å²) in [5, 5.41) is 2.92. The fourth-order valence-corrected chi connectivity index (χ4v) is 3.63. The van der Waals surface area contributed by atoms with Crippen LogP contribution in [0.25, 0.3) is 0 Å². The zero-order valence-electron chi connectivity index (χ0n) is 17.3. The smallest absolute Gasteiger partial charge is 0.234 e. The molecule has 30 heavy (non-hydrogen) atoms. The maximum atomic E-state index is 13.9. The van der Waals surface area contributed by atoms with Gasteiger partial charge < -0.3 is 10.2 Å². The third-order valence-electron chi connectivity index (χ3n) is 5.46. The first-order valence-electron chi connectivity index (χ1n) is 10.1. The summed E-state index contributed by atoms with van der Waals surface area (Å²) in [5.41, 5.74) is 1.93. The molecule has 1 N–H and O–H groups in total. The van der Waals surface area contributed by atoms with E-state index < -0.39 is 11.6 Å². The fraction of sp³-hybridized carbons (Fsp3) is 0.391. The molecular formula is C23H27F2N3O2. The zero-order valence-corrected chi connectivity index (χ0v) is 17.3. The van der Waals surface area contributed by atoms with E-state index in [1.165, 1.54) is 0 Å². The highest BCUT2D eigenvalue weighted by Gasteiger charge is 2.28. The van der Waals surface area contributed by atoms with Crippen molar-refractivity contribution in [1.82, 2.24) is 10.2 Å². The van der Waals surface area contributed by atoms with Gasteiger partial charge in [0.1, 0.15) is 11.6 Å². The molecule has 0 atom stereocenters. The topological polar surface area (TPSA) is 52.7 Å². The van der Waals surface area contributed by atoms with E-state index in [-0.39, 0.29) is 29.7 Å². The van der Waals surface area contributed by atoms with Crippen molar-refractivity contribution in [2.75, 3.05) is 38.6 Å². The Balaban J connectivity index is 1.44. The number of amides is 1. The molecule has 0 aliphatic carbocycles. The summed E-state index contributed by atoms with van der Waals surface area (Å²) in [6, 6.07) is 10.9. The van der Waals surface area contributed by atoms with Gasteiger partial charge in [-0.3, -0.25) is 14.5 Å². The molecule has 1 fully saturated rings. The Bertz CT molecular complexity index is 892. The van der Waals surface area contributed by atoms with Crippen LogP contribution >= 0.6 is 0 Å². The van der Waals surface area contributed by atoms with Gasteiger partial charge in [0.2, 0.25) is 5.91 Å². The molecule has 1 amide bonds. The van der Waals surface area contributed by atoms with Gasteiger partial charge in [0.05, 0.1) is 12.1 Å². The van der Waals surface area contributed by atoms with Crippen LogP contribution in [0, 0.1) is 17.6 Å². The monoisotopic (exact) mass is 415 g/mol. The lowest BCUT2D eigenvalue weighted by Crippen LogP contribution is -2.42. The SMILES string of the molecule is CN(C)c1ccc(CNC(=O)CN2CCC(C(=O)c3cc(F)ccc3F)CC2)cc1. The maximum Gasteiger partial charge on any atom is 0.234 e. The Morgan fingerprint density at radius 1 is 1.07 bits per heavy atom. The van der Waals surface area contributed by atoms with Crippen molar-refractivity contribution in [2.24, 2.45) is 5.92 Å². The van der Waals surface area contributed by atoms with Gasteiger partial charge in [0.25, 0.3) is 0 Å². The summed E-state index contributed by atoms with van der Waals surface area (Å²) >= 11 is 0. The molecule has 2 aromatic carbocycles. The second-order valence-corrected chi connectivity index (χ2v) is 7.88. The normalized spacial score (nSPS) is 15.1. The van der Waals surface area contributed by atoms with E-state index in [9.17, 15) is 18.4 Å². The molecule has 7 heteroatoms. The van der Waals surface area contributed by atoms with Gasteiger partial charge in [-0.2, -0.15) is 0 Å². The van der Waals surface area contributed by atoms with Gasteiger partial charge in [-0.15, -0.1) is 0 Å². The van der Waals surface area contributed by atoms with E-state index in [0.717, 1.165) is 29.4 Å². The average Bonchev–Trinajstić information content (AvgIpc) is 2.74. The van der Waals surface area contributed by atoms with E-state index in [4.69, 9.17) is 0 Å². The molecule has 0 unspecified atom stereocenters. The lowest BCUT2D eigenvalue weighted by atomic mass is 9.88. The van der Waals surface area contributed by atoms with E-state index in [1.807, 2.05) is 48.2 Å². The predicted molar refractivity (Wildman–Crippen MR) is 112 cm³/mol. The molecule has 1 aliphatic heterocycles. The van der Waals surface area contributed by atoms with Crippen LogP contribution in [0.3, 0.4) is 0 Å². The molecule has 1 heterocycles. The fourth-order valence-electron chi connectivity index (χ4n) is 3.63. The average molecular weight is 415 g/mol. The van der Waals surface area contributed by atoms with Gasteiger partial charge in [-0.25, -0.2) is 8.78 Å². The third-order valence-corrected chi connectivity index (χ3v) is 5.46. The Kier molecular flexibility index (Phi) is 7.15. The minimum absolute atomic E-state index is 0.0763. The van der Waals surface area contributed by atoms with Crippen LogP contribution in [0.15, 0.2) is 42.5 Å². The van der Waals surface area contributed by atoms with E-state index in [1.54, 1.807) is 0 Å². The van der Waals surface area contributed by atoms with Gasteiger partial charge >= 0.3 is 0 Å². The molecular weight excluding hydrogens is 388 g/mol. The van der Waals surface area contributed by atoms with Crippen molar-refractivity contribution in [1.29, 1.82) is 0 Å². The number of hydrogen-bond acceptors (Lipinski definition) is 4. The van der Waals surface area contributed by atoms with Crippen LogP contribution < -0.4 is 10.2 Å². The first-order valence-corrected chi connectivity index (χ1v) is 10.1. The van der Waals surface area contributed by atoms with E-state index >= 15 is 0 Å². The Morgan fingerprint density at radius 3 is 2.37 bits per heavy atom. The number of rotatable bonds is 7. The van der Waals surface area contributed by atoms with Gasteiger partial charge in [-0.1, -0.05) is 12.1 Å². The number of benzene rings is 2. The van der Waals surface area contributed by atoms with Crippen LogP contribution in [0.2, 0.25) is 0 Å². The summed E-state index contributed by atoms with van der Waals surface area (Å²) in [6.45, 7) is 1.85. The van der Waals surface area contributed by atoms with Crippen molar-refractivity contribution in [3.8, 4) is 0 Å². The van der Waals surface area contributed by atoms with Crippen molar-refractivity contribution >= 4 is 17.4 Å². The summed E-state index contributed by atoms with van der Waals surface area (Å²) in [5.74, 6) is -2.10. The number of hydrogen-bond donors (Lipinski definition) is 1. The Hall–Kier alpha value is -2.80. The first-order chi connectivity index (χ1) is 14.3. The summed E-state index contributed by atoms with van der Waals surface area (Å²) < 4.78 is 27.2. The number of anilines is 1. The lowest BCUT2D eigenvalue weighted by Gasteiger charge is -2.30. The largest absolute Gasteiger partial charge is 0.378 e. The summed E-state index contributed by atoms with van der Waals surface area (Å²) in [6.07, 6.45) is 1.04. The molecule has 0 aromatic heterocycles. The number of carbonyl (C=O) groups is 2. The second kappa shape index (κ2) is 9.80. The van der Waals surface area contributed by atoms with Crippen LogP contribution in [-0.2, 0) is 11.3 Å². The Morgan fingerprint density at radius 2 is 1.73 bits per heavy atom. The third kappa shape index (κ3) is 5.63. The highest BCUT2D eigenvalue weighted by atomic mass is 19.1. The number of likely N-dealkylation sites (tertiary alicyclic amines) is 1. The zero-order chi connectivity index (χ0) is 21.7. The predicted octanol–water partition coefficient (Wildman–Crippen LogP) is 3.24. The minimum Gasteiger partial charge on any atom is -0.378 e. The number of carbonyl (C=O) groups excluding carboxylic acids is 2. The number of halogens is 2. The van der Waals surface area contributed by atoms with E-state index in [2.05, 4.69) is 5.32 Å². The number of ketones is 1. The second-order valence-electron chi connectivity index (χ2n) is 7.88. The van der Waals surface area contributed by atoms with E-state index in [0.29, 0.717) is 32.5 Å². The quantitative estimate of drug-likeness (QED) is 0.706.